The van der Waals surface area contributed by atoms with Gasteiger partial charge in [-0.1, -0.05) is 18.2 Å². The van der Waals surface area contributed by atoms with Crippen molar-refractivity contribution in [3.8, 4) is 11.4 Å². The van der Waals surface area contributed by atoms with Crippen LogP contribution in [0.15, 0.2) is 43.1 Å². The highest BCUT2D eigenvalue weighted by molar-refractivity contribution is 5.82. The van der Waals surface area contributed by atoms with Crippen LogP contribution in [0.2, 0.25) is 0 Å². The number of benzene rings is 1. The molecule has 0 saturated heterocycles. The van der Waals surface area contributed by atoms with Crippen molar-refractivity contribution in [1.29, 1.82) is 0 Å². The average molecular weight is 308 g/mol. The van der Waals surface area contributed by atoms with Gasteiger partial charge >= 0.3 is 0 Å². The zero-order valence-corrected chi connectivity index (χ0v) is 11.9. The van der Waals surface area contributed by atoms with E-state index in [0.29, 0.717) is 29.2 Å². The normalized spacial score (nSPS) is 11.0. The molecular weight excluding hydrogens is 296 g/mol. The van der Waals surface area contributed by atoms with Gasteiger partial charge < -0.3 is 10.5 Å². The van der Waals surface area contributed by atoms with Crippen LogP contribution in [0.4, 0.5) is 5.69 Å². The van der Waals surface area contributed by atoms with Crippen LogP contribution < -0.4 is 10.5 Å². The molecule has 3 heterocycles. The molecule has 0 fully saturated rings. The lowest BCUT2D eigenvalue weighted by atomic mass is 10.2. The molecule has 1 aromatic carbocycles. The second-order valence-electron chi connectivity index (χ2n) is 4.80. The van der Waals surface area contributed by atoms with Gasteiger partial charge in [0.05, 0.1) is 17.6 Å². The van der Waals surface area contributed by atoms with Crippen LogP contribution in [0.3, 0.4) is 0 Å². The first-order valence-corrected chi connectivity index (χ1v) is 6.83. The quantitative estimate of drug-likeness (QED) is 0.579. The Balaban J connectivity index is 1.67. The summed E-state index contributed by atoms with van der Waals surface area (Å²) in [6.45, 7) is 0.298. The van der Waals surface area contributed by atoms with Gasteiger partial charge in [-0.05, 0) is 6.07 Å². The number of anilines is 1. The predicted molar refractivity (Wildman–Crippen MR) is 81.8 cm³/mol. The number of para-hydroxylation sites is 1. The smallest absolute Gasteiger partial charge is 0.205 e. The number of nitrogen functional groups attached to an aromatic ring is 1. The summed E-state index contributed by atoms with van der Waals surface area (Å²) in [5.41, 5.74) is 9.13. The Labute approximate surface area is 130 Å². The van der Waals surface area contributed by atoms with Crippen LogP contribution >= 0.6 is 0 Å². The number of H-pyrrole nitrogens is 1. The van der Waals surface area contributed by atoms with Crippen LogP contribution in [0.25, 0.3) is 16.9 Å². The Kier molecular flexibility index (Phi) is 3.08. The number of pyridine rings is 1. The summed E-state index contributed by atoms with van der Waals surface area (Å²) in [5.74, 6) is 0.456. The predicted octanol–water partition coefficient (Wildman–Crippen LogP) is 1.09. The molecule has 23 heavy (non-hydrogen) atoms. The molecule has 0 radical (unpaired) electrons. The first kappa shape index (κ1) is 13.2. The Bertz CT molecular complexity index is 946. The molecule has 9 heteroatoms. The van der Waals surface area contributed by atoms with Gasteiger partial charge in [-0.2, -0.15) is 15.4 Å². The van der Waals surface area contributed by atoms with Crippen molar-refractivity contribution in [1.82, 2.24) is 35.2 Å². The highest BCUT2D eigenvalue weighted by Gasteiger charge is 2.13. The monoisotopic (exact) mass is 308 g/mol. The molecule has 4 aromatic rings. The van der Waals surface area contributed by atoms with Crippen LogP contribution in [-0.2, 0) is 6.61 Å². The lowest BCUT2D eigenvalue weighted by Crippen LogP contribution is -2.05. The summed E-state index contributed by atoms with van der Waals surface area (Å²) in [7, 11) is 0. The summed E-state index contributed by atoms with van der Waals surface area (Å²) >= 11 is 0. The van der Waals surface area contributed by atoms with Gasteiger partial charge in [0.1, 0.15) is 19.3 Å². The van der Waals surface area contributed by atoms with Crippen molar-refractivity contribution < 1.29 is 4.74 Å². The average Bonchev–Trinajstić information content (AvgIpc) is 3.26. The minimum Gasteiger partial charge on any atom is -0.484 e. The molecule has 114 valence electrons. The number of nitrogens with two attached hydrogens (primary N) is 1. The van der Waals surface area contributed by atoms with E-state index >= 15 is 0 Å². The molecule has 0 aliphatic carbocycles. The highest BCUT2D eigenvalue weighted by Crippen LogP contribution is 2.28. The molecule has 0 spiro atoms. The summed E-state index contributed by atoms with van der Waals surface area (Å²) in [6, 6.07) is 7.75. The maximum absolute atomic E-state index is 5.95. The number of hydrogen-bond acceptors (Lipinski definition) is 7. The maximum atomic E-state index is 5.95. The van der Waals surface area contributed by atoms with E-state index in [4.69, 9.17) is 10.5 Å². The van der Waals surface area contributed by atoms with E-state index in [9.17, 15) is 0 Å². The first-order chi connectivity index (χ1) is 11.3. The van der Waals surface area contributed by atoms with Gasteiger partial charge in [0.15, 0.2) is 11.3 Å². The summed E-state index contributed by atoms with van der Waals surface area (Å²) in [4.78, 5) is 8.05. The van der Waals surface area contributed by atoms with Crippen LogP contribution in [0, 0.1) is 0 Å². The number of ether oxygens (including phenoxy) is 1. The number of aromatic nitrogens is 7. The molecule has 3 N–H and O–H groups in total. The minimum atomic E-state index is 0.298. The number of hydrogen-bond donors (Lipinski definition) is 2. The molecule has 0 amide bonds. The second-order valence-corrected chi connectivity index (χ2v) is 4.80. The van der Waals surface area contributed by atoms with Crippen molar-refractivity contribution in [3.63, 3.8) is 0 Å². The van der Waals surface area contributed by atoms with E-state index < -0.39 is 0 Å². The molecule has 0 unspecified atom stereocenters. The van der Waals surface area contributed by atoms with Crippen molar-refractivity contribution in [2.45, 2.75) is 6.61 Å². The van der Waals surface area contributed by atoms with E-state index in [0.717, 1.165) is 11.3 Å². The van der Waals surface area contributed by atoms with Gasteiger partial charge in [-0.15, -0.1) is 5.10 Å². The van der Waals surface area contributed by atoms with Gasteiger partial charge in [0, 0.05) is 5.56 Å². The fraction of sp³-hybridized carbons (Fsp3) is 0.0714. The number of nitrogens with one attached hydrogen (secondary N) is 1. The van der Waals surface area contributed by atoms with Crippen molar-refractivity contribution in [2.24, 2.45) is 0 Å². The molecule has 3 aromatic heterocycles. The zero-order valence-electron chi connectivity index (χ0n) is 11.9. The Hall–Kier alpha value is -3.49. The molecule has 0 aliphatic heterocycles. The number of aromatic amines is 1. The van der Waals surface area contributed by atoms with Crippen LogP contribution in [0.1, 0.15) is 5.56 Å². The van der Waals surface area contributed by atoms with Gasteiger partial charge in [-0.3, -0.25) is 0 Å². The first-order valence-electron chi connectivity index (χ1n) is 6.83. The third kappa shape index (κ3) is 2.33. The number of fused-ring (bicyclic) bond motifs is 1. The van der Waals surface area contributed by atoms with Crippen LogP contribution in [-0.4, -0.2) is 35.2 Å². The van der Waals surface area contributed by atoms with Gasteiger partial charge in [0.2, 0.25) is 5.65 Å². The zero-order chi connectivity index (χ0) is 15.6. The SMILES string of the molecule is Nc1cnc2n[nH]nc2c1OCc1ccccc1-n1cncn1. The standard InChI is InChI=1S/C14H12N8O/c15-10-5-17-14-12(19-21-20-14)13(10)23-6-9-3-1-2-4-11(9)22-8-16-7-18-22/h1-5,7-8H,6,15H2,(H,17,19,20,21). The van der Waals surface area contributed by atoms with E-state index in [1.54, 1.807) is 11.0 Å². The van der Waals surface area contributed by atoms with E-state index in [-0.39, 0.29) is 0 Å². The lowest BCUT2D eigenvalue weighted by Gasteiger charge is -2.12. The maximum Gasteiger partial charge on any atom is 0.205 e. The van der Waals surface area contributed by atoms with Crippen molar-refractivity contribution in [2.75, 3.05) is 5.73 Å². The van der Waals surface area contributed by atoms with Crippen LogP contribution in [0.5, 0.6) is 5.75 Å². The third-order valence-corrected chi connectivity index (χ3v) is 3.36. The Morgan fingerprint density at radius 1 is 1.22 bits per heavy atom. The van der Waals surface area contributed by atoms with Gasteiger partial charge in [0.25, 0.3) is 0 Å². The van der Waals surface area contributed by atoms with E-state index in [1.807, 2.05) is 24.3 Å². The molecule has 4 rings (SSSR count). The number of rotatable bonds is 4. The third-order valence-electron chi connectivity index (χ3n) is 3.36. The summed E-state index contributed by atoms with van der Waals surface area (Å²) < 4.78 is 7.56. The minimum absolute atomic E-state index is 0.298. The Morgan fingerprint density at radius 2 is 2.13 bits per heavy atom. The number of nitrogens with zero attached hydrogens (tertiary/aromatic N) is 6. The molecule has 0 atom stereocenters. The summed E-state index contributed by atoms with van der Waals surface area (Å²) in [5, 5.41) is 14.6. The highest BCUT2D eigenvalue weighted by atomic mass is 16.5. The second kappa shape index (κ2) is 5.37. The van der Waals surface area contributed by atoms with Crippen molar-refractivity contribution >= 4 is 16.9 Å². The molecule has 9 nitrogen and oxygen atoms in total. The molecule has 0 saturated carbocycles. The Morgan fingerprint density at radius 3 is 3.00 bits per heavy atom. The fourth-order valence-electron chi connectivity index (χ4n) is 2.28. The largest absolute Gasteiger partial charge is 0.484 e. The summed E-state index contributed by atoms with van der Waals surface area (Å²) in [6.07, 6.45) is 4.62. The lowest BCUT2D eigenvalue weighted by molar-refractivity contribution is 0.310. The van der Waals surface area contributed by atoms with Crippen molar-refractivity contribution in [3.05, 3.63) is 48.7 Å². The molecule has 0 bridgehead atoms. The fourth-order valence-corrected chi connectivity index (χ4v) is 2.28. The molecular formula is C14H12N8O. The van der Waals surface area contributed by atoms with E-state index in [2.05, 4.69) is 30.5 Å². The van der Waals surface area contributed by atoms with Gasteiger partial charge in [-0.25, -0.2) is 14.6 Å². The molecule has 0 aliphatic rings. The van der Waals surface area contributed by atoms with E-state index in [1.165, 1.54) is 12.5 Å². The topological polar surface area (TPSA) is 120 Å².